The van der Waals surface area contributed by atoms with Crippen LogP contribution in [0.15, 0.2) is 24.3 Å². The van der Waals surface area contributed by atoms with Crippen molar-refractivity contribution in [2.45, 2.75) is 38.6 Å². The van der Waals surface area contributed by atoms with Gasteiger partial charge in [0.15, 0.2) is 0 Å². The molecule has 1 aromatic rings. The average molecular weight is 260 g/mol. The Morgan fingerprint density at radius 1 is 1.32 bits per heavy atom. The van der Waals surface area contributed by atoms with E-state index >= 15 is 0 Å². The van der Waals surface area contributed by atoms with Crippen LogP contribution in [-0.4, -0.2) is 30.9 Å². The van der Waals surface area contributed by atoms with E-state index in [1.807, 2.05) is 18.2 Å². The minimum Gasteiger partial charge on any atom is -0.382 e. The molecular weight excluding hydrogens is 236 g/mol. The molecule has 1 aliphatic rings. The summed E-state index contributed by atoms with van der Waals surface area (Å²) >= 11 is 0. The number of rotatable bonds is 4. The average Bonchev–Trinajstić information content (AvgIpc) is 2.77. The van der Waals surface area contributed by atoms with E-state index < -0.39 is 0 Å². The first kappa shape index (κ1) is 13.9. The number of likely N-dealkylation sites (N-methyl/N-ethyl adjacent to an activating group) is 1. The van der Waals surface area contributed by atoms with Crippen molar-refractivity contribution in [2.75, 3.05) is 19.4 Å². The highest BCUT2D eigenvalue weighted by Crippen LogP contribution is 2.28. The Morgan fingerprint density at radius 3 is 2.68 bits per heavy atom. The van der Waals surface area contributed by atoms with Gasteiger partial charge in [0.25, 0.3) is 0 Å². The lowest BCUT2D eigenvalue weighted by Crippen LogP contribution is -2.24. The van der Waals surface area contributed by atoms with Gasteiger partial charge < -0.3 is 10.2 Å². The highest BCUT2D eigenvalue weighted by Gasteiger charge is 2.21. The molecule has 2 rings (SSSR count). The number of carbonyl (C=O) groups is 1. The Balaban J connectivity index is 2.05. The first-order valence-corrected chi connectivity index (χ1v) is 7.11. The molecule has 0 unspecified atom stereocenters. The maximum Gasteiger partial charge on any atom is 0.226 e. The second-order valence-electron chi connectivity index (χ2n) is 5.88. The molecule has 0 saturated heterocycles. The van der Waals surface area contributed by atoms with Crippen molar-refractivity contribution in [2.24, 2.45) is 5.92 Å². The highest BCUT2D eigenvalue weighted by molar-refractivity contribution is 5.80. The molecule has 1 saturated carbocycles. The van der Waals surface area contributed by atoms with Crippen LogP contribution in [0.5, 0.6) is 0 Å². The van der Waals surface area contributed by atoms with Gasteiger partial charge in [-0.15, -0.1) is 0 Å². The van der Waals surface area contributed by atoms with Crippen molar-refractivity contribution in [1.29, 1.82) is 0 Å². The summed E-state index contributed by atoms with van der Waals surface area (Å²) in [7, 11) is 3.61. The van der Waals surface area contributed by atoms with Crippen LogP contribution in [0.2, 0.25) is 0 Å². The molecule has 0 aromatic heterocycles. The van der Waals surface area contributed by atoms with Crippen molar-refractivity contribution in [3.05, 3.63) is 29.8 Å². The van der Waals surface area contributed by atoms with Crippen LogP contribution in [0.3, 0.4) is 0 Å². The number of hydrogen-bond acceptors (Lipinski definition) is 2. The summed E-state index contributed by atoms with van der Waals surface area (Å²) in [6.07, 6.45) is 4.24. The fourth-order valence-electron chi connectivity index (χ4n) is 2.69. The molecule has 1 aromatic carbocycles. The highest BCUT2D eigenvalue weighted by atomic mass is 16.2. The lowest BCUT2D eigenvalue weighted by Gasteiger charge is -2.18. The molecule has 104 valence electrons. The lowest BCUT2D eigenvalue weighted by molar-refractivity contribution is -0.127. The number of nitrogens with zero attached hydrogens (tertiary/aromatic N) is 1. The van der Waals surface area contributed by atoms with Crippen LogP contribution in [-0.2, 0) is 11.2 Å². The molecule has 1 N–H and O–H groups in total. The number of amides is 1. The van der Waals surface area contributed by atoms with E-state index in [-0.39, 0.29) is 5.91 Å². The van der Waals surface area contributed by atoms with E-state index in [1.54, 1.807) is 19.0 Å². The zero-order valence-electron chi connectivity index (χ0n) is 12.1. The SMILES string of the molecule is C[C@H]1CC[C@H](Nc2ccccc2CC(=O)N(C)C)C1. The summed E-state index contributed by atoms with van der Waals surface area (Å²) in [6.45, 7) is 2.31. The predicted molar refractivity (Wildman–Crippen MR) is 79.3 cm³/mol. The molecule has 1 fully saturated rings. The topological polar surface area (TPSA) is 32.3 Å². The normalized spacial score (nSPS) is 22.3. The van der Waals surface area contributed by atoms with Gasteiger partial charge >= 0.3 is 0 Å². The third-order valence-electron chi connectivity index (χ3n) is 3.91. The number of carbonyl (C=O) groups excluding carboxylic acids is 1. The quantitative estimate of drug-likeness (QED) is 0.902. The number of nitrogens with one attached hydrogen (secondary N) is 1. The fraction of sp³-hybridized carbons (Fsp3) is 0.562. The van der Waals surface area contributed by atoms with Crippen LogP contribution in [0.1, 0.15) is 31.7 Å². The van der Waals surface area contributed by atoms with E-state index in [4.69, 9.17) is 0 Å². The molecule has 0 radical (unpaired) electrons. The van der Waals surface area contributed by atoms with Crippen LogP contribution in [0.25, 0.3) is 0 Å². The smallest absolute Gasteiger partial charge is 0.226 e. The van der Waals surface area contributed by atoms with Gasteiger partial charge in [-0.1, -0.05) is 25.1 Å². The summed E-state index contributed by atoms with van der Waals surface area (Å²) in [6, 6.07) is 8.72. The molecule has 2 atom stereocenters. The summed E-state index contributed by atoms with van der Waals surface area (Å²) in [4.78, 5) is 13.5. The molecule has 1 aliphatic carbocycles. The van der Waals surface area contributed by atoms with Crippen LogP contribution in [0, 0.1) is 5.92 Å². The Kier molecular flexibility index (Phi) is 4.46. The maximum atomic E-state index is 11.9. The first-order chi connectivity index (χ1) is 9.06. The fourth-order valence-corrected chi connectivity index (χ4v) is 2.69. The number of para-hydroxylation sites is 1. The van der Waals surface area contributed by atoms with E-state index in [0.717, 1.165) is 17.2 Å². The van der Waals surface area contributed by atoms with Crippen LogP contribution < -0.4 is 5.32 Å². The van der Waals surface area contributed by atoms with Crippen molar-refractivity contribution >= 4 is 11.6 Å². The monoisotopic (exact) mass is 260 g/mol. The van der Waals surface area contributed by atoms with Crippen LogP contribution in [0.4, 0.5) is 5.69 Å². The number of benzene rings is 1. The first-order valence-electron chi connectivity index (χ1n) is 7.11. The van der Waals surface area contributed by atoms with Crippen molar-refractivity contribution in [3.63, 3.8) is 0 Å². The van der Waals surface area contributed by atoms with Crippen molar-refractivity contribution in [1.82, 2.24) is 4.90 Å². The zero-order valence-corrected chi connectivity index (χ0v) is 12.1. The molecule has 0 heterocycles. The predicted octanol–water partition coefficient (Wildman–Crippen LogP) is 2.92. The summed E-state index contributed by atoms with van der Waals surface area (Å²) < 4.78 is 0. The molecule has 0 spiro atoms. The van der Waals surface area contributed by atoms with Crippen LogP contribution >= 0.6 is 0 Å². The summed E-state index contributed by atoms with van der Waals surface area (Å²) in [5, 5.41) is 3.61. The second kappa shape index (κ2) is 6.09. The molecule has 3 heteroatoms. The van der Waals surface area contributed by atoms with Gasteiger partial charge in [-0.2, -0.15) is 0 Å². The van der Waals surface area contributed by atoms with Gasteiger partial charge in [0.05, 0.1) is 6.42 Å². The van der Waals surface area contributed by atoms with Gasteiger partial charge in [0.1, 0.15) is 0 Å². The van der Waals surface area contributed by atoms with E-state index in [0.29, 0.717) is 12.5 Å². The van der Waals surface area contributed by atoms with Gasteiger partial charge in [-0.3, -0.25) is 4.79 Å². The van der Waals surface area contributed by atoms with E-state index in [2.05, 4.69) is 18.3 Å². The number of anilines is 1. The minimum absolute atomic E-state index is 0.147. The van der Waals surface area contributed by atoms with Gasteiger partial charge in [0, 0.05) is 25.8 Å². The largest absolute Gasteiger partial charge is 0.382 e. The van der Waals surface area contributed by atoms with E-state index in [1.165, 1.54) is 19.3 Å². The lowest BCUT2D eigenvalue weighted by atomic mass is 10.1. The zero-order chi connectivity index (χ0) is 13.8. The molecule has 19 heavy (non-hydrogen) atoms. The Morgan fingerprint density at radius 2 is 2.05 bits per heavy atom. The molecule has 0 bridgehead atoms. The van der Waals surface area contributed by atoms with Gasteiger partial charge in [0.2, 0.25) is 5.91 Å². The minimum atomic E-state index is 0.147. The maximum absolute atomic E-state index is 11.9. The Bertz CT molecular complexity index is 442. The molecule has 0 aliphatic heterocycles. The van der Waals surface area contributed by atoms with Gasteiger partial charge in [-0.25, -0.2) is 0 Å². The standard InChI is InChI=1S/C16H24N2O/c1-12-8-9-14(10-12)17-15-7-5-4-6-13(15)11-16(19)18(2)3/h4-7,12,14,17H,8-11H2,1-3H3/t12-,14-/m0/s1. The third-order valence-corrected chi connectivity index (χ3v) is 3.91. The second-order valence-corrected chi connectivity index (χ2v) is 5.88. The van der Waals surface area contributed by atoms with E-state index in [9.17, 15) is 4.79 Å². The van der Waals surface area contributed by atoms with Gasteiger partial charge in [-0.05, 0) is 36.8 Å². The number of hydrogen-bond donors (Lipinski definition) is 1. The summed E-state index contributed by atoms with van der Waals surface area (Å²) in [5.41, 5.74) is 2.22. The third kappa shape index (κ3) is 3.72. The van der Waals surface area contributed by atoms with Crippen molar-refractivity contribution in [3.8, 4) is 0 Å². The Hall–Kier alpha value is -1.51. The summed E-state index contributed by atoms with van der Waals surface area (Å²) in [5.74, 6) is 0.960. The Labute approximate surface area is 116 Å². The molecule has 1 amide bonds. The molecular formula is C16H24N2O. The van der Waals surface area contributed by atoms with Crippen molar-refractivity contribution < 1.29 is 4.79 Å². The molecule has 3 nitrogen and oxygen atoms in total.